The smallest absolute Gasteiger partial charge is 0.308 e. The van der Waals surface area contributed by atoms with E-state index in [0.29, 0.717) is 42.6 Å². The van der Waals surface area contributed by atoms with E-state index in [-0.39, 0.29) is 34.9 Å². The van der Waals surface area contributed by atoms with Gasteiger partial charge in [0.1, 0.15) is 0 Å². The molecule has 3 N–H and O–H groups in total. The number of aliphatic hydroxyl groups is 3. The van der Waals surface area contributed by atoms with Crippen LogP contribution in [-0.2, 0) is 14.3 Å². The fraction of sp³-hybridized carbons (Fsp3) is 0.964. The molecule has 4 rings (SSSR count). The van der Waals surface area contributed by atoms with Crippen LogP contribution in [-0.4, -0.2) is 52.5 Å². The number of hydrogen-bond donors (Lipinski definition) is 3. The molecule has 0 bridgehead atoms. The number of carbonyl (C=O) groups excluding carboxylic acids is 1. The van der Waals surface area contributed by atoms with Crippen molar-refractivity contribution in [3.8, 4) is 0 Å². The first-order chi connectivity index (χ1) is 16.0. The van der Waals surface area contributed by atoms with Gasteiger partial charge in [-0.25, -0.2) is 0 Å². The summed E-state index contributed by atoms with van der Waals surface area (Å²) in [5.41, 5.74) is -0.141. The van der Waals surface area contributed by atoms with Crippen molar-refractivity contribution >= 4 is 5.97 Å². The van der Waals surface area contributed by atoms with Crippen molar-refractivity contribution in [1.29, 1.82) is 0 Å². The Balaban J connectivity index is 1.46. The lowest BCUT2D eigenvalue weighted by atomic mass is 9.43. The highest BCUT2D eigenvalue weighted by Gasteiger charge is 2.65. The Kier molecular flexibility index (Phi) is 7.75. The van der Waals surface area contributed by atoms with E-state index in [1.54, 1.807) is 6.92 Å². The molecule has 0 aromatic carbocycles. The second-order valence-corrected chi connectivity index (χ2v) is 12.6. The minimum Gasteiger partial charge on any atom is -0.436 e. The average molecular weight is 481 g/mol. The van der Waals surface area contributed by atoms with Gasteiger partial charge in [0.15, 0.2) is 6.29 Å². The number of aliphatic hydroxyl groups excluding tert-OH is 3. The summed E-state index contributed by atoms with van der Waals surface area (Å²) < 4.78 is 10.7. The SMILES string of the molecule is CCOC(C)OC(=O)CC[C@@H](C)[C@H]1CC[C@H]2[C@@H]3[C@H](O)C[C@@H]4C[C@H](O)CC[C@]4(C)[C@H]3C[C@H](O)[C@]12C. The molecular formula is C28H48O6. The van der Waals surface area contributed by atoms with Crippen LogP contribution >= 0.6 is 0 Å². The van der Waals surface area contributed by atoms with Crippen LogP contribution in [0.25, 0.3) is 0 Å². The number of esters is 1. The zero-order chi connectivity index (χ0) is 24.8. The second kappa shape index (κ2) is 9.99. The number of carbonyl (C=O) groups is 1. The van der Waals surface area contributed by atoms with Gasteiger partial charge in [0.05, 0.1) is 18.3 Å². The monoisotopic (exact) mass is 480 g/mol. The van der Waals surface area contributed by atoms with E-state index in [2.05, 4.69) is 20.8 Å². The summed E-state index contributed by atoms with van der Waals surface area (Å²) in [5, 5.41) is 33.3. The quantitative estimate of drug-likeness (QED) is 0.372. The normalized spacial score (nSPS) is 47.8. The molecule has 0 heterocycles. The molecule has 0 spiro atoms. The van der Waals surface area contributed by atoms with E-state index in [4.69, 9.17) is 9.47 Å². The molecule has 196 valence electrons. The fourth-order valence-electron chi connectivity index (χ4n) is 9.19. The maximum absolute atomic E-state index is 12.3. The maximum atomic E-state index is 12.3. The molecule has 34 heavy (non-hydrogen) atoms. The van der Waals surface area contributed by atoms with Gasteiger partial charge in [-0.1, -0.05) is 20.8 Å². The minimum absolute atomic E-state index is 0.0934. The van der Waals surface area contributed by atoms with E-state index in [1.165, 1.54) is 0 Å². The van der Waals surface area contributed by atoms with Crippen LogP contribution in [0.1, 0.15) is 92.4 Å². The Morgan fingerprint density at radius 1 is 1.03 bits per heavy atom. The summed E-state index contributed by atoms with van der Waals surface area (Å²) in [4.78, 5) is 12.3. The van der Waals surface area contributed by atoms with E-state index >= 15 is 0 Å². The maximum Gasteiger partial charge on any atom is 0.308 e. The Morgan fingerprint density at radius 2 is 1.76 bits per heavy atom. The molecule has 0 saturated heterocycles. The number of rotatable bonds is 7. The zero-order valence-corrected chi connectivity index (χ0v) is 21.9. The van der Waals surface area contributed by atoms with Gasteiger partial charge in [0.25, 0.3) is 0 Å². The predicted molar refractivity (Wildman–Crippen MR) is 130 cm³/mol. The van der Waals surface area contributed by atoms with Crippen molar-refractivity contribution in [2.24, 2.45) is 46.3 Å². The van der Waals surface area contributed by atoms with Gasteiger partial charge in [-0.05, 0) is 112 Å². The van der Waals surface area contributed by atoms with Crippen molar-refractivity contribution in [3.05, 3.63) is 0 Å². The third kappa shape index (κ3) is 4.46. The van der Waals surface area contributed by atoms with Crippen LogP contribution in [0.15, 0.2) is 0 Å². The summed E-state index contributed by atoms with van der Waals surface area (Å²) in [6, 6.07) is 0. The van der Waals surface area contributed by atoms with Crippen LogP contribution in [0, 0.1) is 46.3 Å². The molecule has 6 heteroatoms. The molecular weight excluding hydrogens is 432 g/mol. The number of ether oxygens (including phenoxy) is 2. The van der Waals surface area contributed by atoms with E-state index in [1.807, 2.05) is 6.92 Å². The molecule has 0 aromatic heterocycles. The Hall–Kier alpha value is -0.690. The Morgan fingerprint density at radius 3 is 2.47 bits per heavy atom. The van der Waals surface area contributed by atoms with Crippen molar-refractivity contribution in [3.63, 3.8) is 0 Å². The highest BCUT2D eigenvalue weighted by Crippen LogP contribution is 2.68. The summed E-state index contributed by atoms with van der Waals surface area (Å²) in [6.45, 7) is 11.0. The largest absolute Gasteiger partial charge is 0.436 e. The van der Waals surface area contributed by atoms with Crippen molar-refractivity contribution in [1.82, 2.24) is 0 Å². The van der Waals surface area contributed by atoms with Crippen molar-refractivity contribution in [2.75, 3.05) is 6.61 Å². The molecule has 12 atom stereocenters. The van der Waals surface area contributed by atoms with Crippen LogP contribution in [0.5, 0.6) is 0 Å². The number of hydrogen-bond acceptors (Lipinski definition) is 6. The van der Waals surface area contributed by atoms with E-state index < -0.39 is 12.4 Å². The lowest BCUT2D eigenvalue weighted by molar-refractivity contribution is -0.207. The highest BCUT2D eigenvalue weighted by molar-refractivity contribution is 5.69. The van der Waals surface area contributed by atoms with Crippen molar-refractivity contribution < 1.29 is 29.6 Å². The molecule has 0 amide bonds. The first-order valence-corrected chi connectivity index (χ1v) is 13.9. The van der Waals surface area contributed by atoms with Crippen molar-refractivity contribution in [2.45, 2.75) is 117 Å². The Bertz CT molecular complexity index is 728. The fourth-order valence-corrected chi connectivity index (χ4v) is 9.19. The van der Waals surface area contributed by atoms with Gasteiger partial charge in [-0.15, -0.1) is 0 Å². The van der Waals surface area contributed by atoms with Gasteiger partial charge in [-0.3, -0.25) is 4.79 Å². The zero-order valence-electron chi connectivity index (χ0n) is 21.9. The second-order valence-electron chi connectivity index (χ2n) is 12.6. The lowest BCUT2D eigenvalue weighted by Gasteiger charge is -2.63. The van der Waals surface area contributed by atoms with Gasteiger partial charge in [0, 0.05) is 13.0 Å². The molecule has 6 nitrogen and oxygen atoms in total. The van der Waals surface area contributed by atoms with Gasteiger partial charge in [-0.2, -0.15) is 0 Å². The average Bonchev–Trinajstić information content (AvgIpc) is 3.13. The predicted octanol–water partition coefficient (Wildman–Crippen LogP) is 4.29. The summed E-state index contributed by atoms with van der Waals surface area (Å²) in [7, 11) is 0. The van der Waals surface area contributed by atoms with Crippen LogP contribution in [0.4, 0.5) is 0 Å². The van der Waals surface area contributed by atoms with Gasteiger partial charge in [0.2, 0.25) is 0 Å². The number of fused-ring (bicyclic) bond motifs is 5. The Labute approximate surface area is 205 Å². The first kappa shape index (κ1) is 26.4. The van der Waals surface area contributed by atoms with Gasteiger partial charge >= 0.3 is 5.97 Å². The molecule has 0 radical (unpaired) electrons. The van der Waals surface area contributed by atoms with E-state index in [0.717, 1.165) is 51.4 Å². The first-order valence-electron chi connectivity index (χ1n) is 13.9. The third-order valence-electron chi connectivity index (χ3n) is 11.0. The van der Waals surface area contributed by atoms with E-state index in [9.17, 15) is 20.1 Å². The highest BCUT2D eigenvalue weighted by atomic mass is 16.7. The van der Waals surface area contributed by atoms with Crippen LogP contribution in [0.2, 0.25) is 0 Å². The molecule has 4 aliphatic carbocycles. The molecule has 0 aliphatic heterocycles. The summed E-state index contributed by atoms with van der Waals surface area (Å²) in [5.74, 6) is 1.58. The molecule has 1 unspecified atom stereocenters. The topological polar surface area (TPSA) is 96.2 Å². The third-order valence-corrected chi connectivity index (χ3v) is 11.0. The van der Waals surface area contributed by atoms with Crippen LogP contribution < -0.4 is 0 Å². The molecule has 4 fully saturated rings. The molecule has 4 aliphatic rings. The lowest BCUT2D eigenvalue weighted by Crippen LogP contribution is -2.62. The summed E-state index contributed by atoms with van der Waals surface area (Å²) in [6.07, 6.45) is 5.80. The standard InChI is InChI=1S/C28H48O6/c1-6-33-17(3)34-25(32)10-7-16(2)20-8-9-21-26-22(15-24(31)28(20,21)5)27(4)12-11-19(29)13-18(27)14-23(26)30/h16-24,26,29-31H,6-15H2,1-5H3/t16-,17?,18+,19-,20-,21+,22+,23-,24+,26+,27+,28-/m1/s1. The van der Waals surface area contributed by atoms with Crippen LogP contribution in [0.3, 0.4) is 0 Å². The summed E-state index contributed by atoms with van der Waals surface area (Å²) >= 11 is 0. The minimum atomic E-state index is -0.517. The van der Waals surface area contributed by atoms with Gasteiger partial charge < -0.3 is 24.8 Å². The molecule has 4 saturated carbocycles. The molecule has 0 aromatic rings.